The number of esters is 1. The lowest BCUT2D eigenvalue weighted by molar-refractivity contribution is -0.157. The van der Waals surface area contributed by atoms with Gasteiger partial charge >= 0.3 is 5.97 Å². The predicted octanol–water partition coefficient (Wildman–Crippen LogP) is 2.64. The Kier molecular flexibility index (Phi) is 4.78. The van der Waals surface area contributed by atoms with Crippen molar-refractivity contribution >= 4 is 5.97 Å². The molecular weight excluding hydrogens is 202 g/mol. The average molecular weight is 227 g/mol. The van der Waals surface area contributed by atoms with E-state index in [1.54, 1.807) is 0 Å². The van der Waals surface area contributed by atoms with Gasteiger partial charge in [-0.2, -0.15) is 0 Å². The first-order valence-corrected chi connectivity index (χ1v) is 6.37. The molecule has 0 radical (unpaired) electrons. The van der Waals surface area contributed by atoms with Crippen LogP contribution in [-0.4, -0.2) is 23.7 Å². The molecule has 0 heterocycles. The highest BCUT2D eigenvalue weighted by Gasteiger charge is 2.24. The molecule has 3 nitrogen and oxygen atoms in total. The van der Waals surface area contributed by atoms with Crippen LogP contribution in [0.15, 0.2) is 0 Å². The molecule has 1 aliphatic carbocycles. The highest BCUT2D eigenvalue weighted by atomic mass is 16.6. The number of carbonyl (C=O) groups excluding carboxylic acids is 1. The van der Waals surface area contributed by atoms with Crippen molar-refractivity contribution < 1.29 is 9.53 Å². The van der Waals surface area contributed by atoms with E-state index in [2.05, 4.69) is 5.32 Å². The Labute approximate surface area is 98.9 Å². The van der Waals surface area contributed by atoms with Gasteiger partial charge in [-0.05, 0) is 40.5 Å². The van der Waals surface area contributed by atoms with Crippen molar-refractivity contribution in [2.24, 2.45) is 0 Å². The molecule has 0 aromatic carbocycles. The highest BCUT2D eigenvalue weighted by Crippen LogP contribution is 2.18. The molecule has 1 fully saturated rings. The fraction of sp³-hybridized carbons (Fsp3) is 0.923. The Balaban J connectivity index is 2.33. The number of carbonyl (C=O) groups is 1. The van der Waals surface area contributed by atoms with Gasteiger partial charge in [-0.1, -0.05) is 19.3 Å². The Morgan fingerprint density at radius 1 is 1.25 bits per heavy atom. The lowest BCUT2D eigenvalue weighted by Crippen LogP contribution is -2.44. The Morgan fingerprint density at radius 2 is 1.81 bits per heavy atom. The van der Waals surface area contributed by atoms with Crippen LogP contribution in [0, 0.1) is 0 Å². The molecule has 0 saturated heterocycles. The monoisotopic (exact) mass is 227 g/mol. The molecule has 1 atom stereocenters. The summed E-state index contributed by atoms with van der Waals surface area (Å²) in [7, 11) is 0. The van der Waals surface area contributed by atoms with Crippen LogP contribution < -0.4 is 5.32 Å². The minimum atomic E-state index is -0.389. The Morgan fingerprint density at radius 3 is 2.31 bits per heavy atom. The second kappa shape index (κ2) is 5.67. The quantitative estimate of drug-likeness (QED) is 0.753. The molecule has 0 aromatic rings. The topological polar surface area (TPSA) is 38.3 Å². The SMILES string of the molecule is CC(NC1CCCCC1)C(=O)OC(C)(C)C. The molecule has 16 heavy (non-hydrogen) atoms. The Bertz CT molecular complexity index is 227. The van der Waals surface area contributed by atoms with Crippen molar-refractivity contribution in [2.45, 2.75) is 77.5 Å². The van der Waals surface area contributed by atoms with E-state index in [1.807, 2.05) is 27.7 Å². The zero-order chi connectivity index (χ0) is 12.2. The molecule has 1 unspecified atom stereocenters. The lowest BCUT2D eigenvalue weighted by atomic mass is 9.95. The fourth-order valence-corrected chi connectivity index (χ4v) is 2.08. The summed E-state index contributed by atoms with van der Waals surface area (Å²) in [5, 5.41) is 3.37. The number of hydrogen-bond donors (Lipinski definition) is 1. The summed E-state index contributed by atoms with van der Waals surface area (Å²) in [4.78, 5) is 11.7. The second-order valence-corrected chi connectivity index (χ2v) is 5.76. The highest BCUT2D eigenvalue weighted by molar-refractivity contribution is 5.75. The van der Waals surface area contributed by atoms with Crippen LogP contribution in [0.1, 0.15) is 59.8 Å². The van der Waals surface area contributed by atoms with Gasteiger partial charge in [-0.25, -0.2) is 0 Å². The minimum absolute atomic E-state index is 0.141. The van der Waals surface area contributed by atoms with Gasteiger partial charge in [0.05, 0.1) is 0 Å². The van der Waals surface area contributed by atoms with E-state index in [0.29, 0.717) is 6.04 Å². The van der Waals surface area contributed by atoms with Crippen molar-refractivity contribution in [1.29, 1.82) is 0 Å². The van der Waals surface area contributed by atoms with Gasteiger partial charge in [-0.15, -0.1) is 0 Å². The van der Waals surface area contributed by atoms with Crippen LogP contribution in [0.4, 0.5) is 0 Å². The molecule has 1 N–H and O–H groups in total. The fourth-order valence-electron chi connectivity index (χ4n) is 2.08. The summed E-state index contributed by atoms with van der Waals surface area (Å²) in [6.45, 7) is 7.59. The van der Waals surface area contributed by atoms with E-state index in [9.17, 15) is 4.79 Å². The van der Waals surface area contributed by atoms with Crippen LogP contribution in [0.3, 0.4) is 0 Å². The number of ether oxygens (including phenoxy) is 1. The molecule has 0 aliphatic heterocycles. The van der Waals surface area contributed by atoms with E-state index in [0.717, 1.165) is 0 Å². The molecule has 0 bridgehead atoms. The third kappa shape index (κ3) is 4.97. The zero-order valence-electron chi connectivity index (χ0n) is 11.0. The standard InChI is InChI=1S/C13H25NO2/c1-10(12(15)16-13(2,3)4)14-11-8-6-5-7-9-11/h10-11,14H,5-9H2,1-4H3. The minimum Gasteiger partial charge on any atom is -0.459 e. The van der Waals surface area contributed by atoms with Crippen molar-refractivity contribution in [3.8, 4) is 0 Å². The first-order chi connectivity index (χ1) is 7.38. The second-order valence-electron chi connectivity index (χ2n) is 5.76. The molecule has 94 valence electrons. The molecule has 0 aromatic heterocycles. The molecule has 0 spiro atoms. The van der Waals surface area contributed by atoms with E-state index >= 15 is 0 Å². The zero-order valence-corrected chi connectivity index (χ0v) is 11.0. The van der Waals surface area contributed by atoms with Crippen molar-refractivity contribution in [3.63, 3.8) is 0 Å². The number of rotatable bonds is 3. The van der Waals surface area contributed by atoms with Gasteiger partial charge in [-0.3, -0.25) is 4.79 Å². The van der Waals surface area contributed by atoms with Gasteiger partial charge in [0.2, 0.25) is 0 Å². The maximum Gasteiger partial charge on any atom is 0.323 e. The number of nitrogens with one attached hydrogen (secondary N) is 1. The first kappa shape index (κ1) is 13.5. The van der Waals surface area contributed by atoms with Gasteiger partial charge in [0.15, 0.2) is 0 Å². The third-order valence-corrected chi connectivity index (χ3v) is 2.85. The number of hydrogen-bond acceptors (Lipinski definition) is 3. The largest absolute Gasteiger partial charge is 0.459 e. The summed E-state index contributed by atoms with van der Waals surface area (Å²) in [5.74, 6) is -0.141. The molecule has 3 heteroatoms. The molecule has 1 aliphatic rings. The van der Waals surface area contributed by atoms with Crippen LogP contribution in [-0.2, 0) is 9.53 Å². The summed E-state index contributed by atoms with van der Waals surface area (Å²) < 4.78 is 5.34. The predicted molar refractivity (Wildman–Crippen MR) is 65.3 cm³/mol. The Hall–Kier alpha value is -0.570. The molecular formula is C13H25NO2. The van der Waals surface area contributed by atoms with Crippen molar-refractivity contribution in [1.82, 2.24) is 5.32 Å². The van der Waals surface area contributed by atoms with Gasteiger partial charge in [0, 0.05) is 6.04 Å². The maximum atomic E-state index is 11.7. The summed E-state index contributed by atoms with van der Waals surface area (Å²) >= 11 is 0. The van der Waals surface area contributed by atoms with E-state index < -0.39 is 0 Å². The van der Waals surface area contributed by atoms with Crippen molar-refractivity contribution in [3.05, 3.63) is 0 Å². The van der Waals surface area contributed by atoms with Crippen molar-refractivity contribution in [2.75, 3.05) is 0 Å². The van der Waals surface area contributed by atoms with E-state index in [4.69, 9.17) is 4.74 Å². The summed E-state index contributed by atoms with van der Waals surface area (Å²) in [6.07, 6.45) is 6.26. The maximum absolute atomic E-state index is 11.7. The normalized spacial score (nSPS) is 20.5. The smallest absolute Gasteiger partial charge is 0.323 e. The summed E-state index contributed by atoms with van der Waals surface area (Å²) in [6, 6.07) is 0.304. The molecule has 1 saturated carbocycles. The summed E-state index contributed by atoms with van der Waals surface area (Å²) in [5.41, 5.74) is -0.389. The van der Waals surface area contributed by atoms with E-state index in [1.165, 1.54) is 32.1 Å². The van der Waals surface area contributed by atoms with E-state index in [-0.39, 0.29) is 17.6 Å². The average Bonchev–Trinajstić information content (AvgIpc) is 2.16. The first-order valence-electron chi connectivity index (χ1n) is 6.37. The lowest BCUT2D eigenvalue weighted by Gasteiger charge is -2.28. The van der Waals surface area contributed by atoms with Crippen LogP contribution >= 0.6 is 0 Å². The van der Waals surface area contributed by atoms with Gasteiger partial charge in [0.1, 0.15) is 11.6 Å². The van der Waals surface area contributed by atoms with Crippen LogP contribution in [0.2, 0.25) is 0 Å². The van der Waals surface area contributed by atoms with Gasteiger partial charge in [0.25, 0.3) is 0 Å². The van der Waals surface area contributed by atoms with Gasteiger partial charge < -0.3 is 10.1 Å². The third-order valence-electron chi connectivity index (χ3n) is 2.85. The molecule has 1 rings (SSSR count). The van der Waals surface area contributed by atoms with Crippen LogP contribution in [0.5, 0.6) is 0 Å². The van der Waals surface area contributed by atoms with Crippen LogP contribution in [0.25, 0.3) is 0 Å². The molecule has 0 amide bonds.